The van der Waals surface area contributed by atoms with E-state index in [0.29, 0.717) is 24.0 Å². The molecule has 1 atom stereocenters. The molecule has 1 heterocycles. The SMILES string of the molecule is C#CCN(Cc1ccc(C(=O)NC(CCC(=O)O)C(=O)O)cc1)c1ccc2nc(N)nc(N)c2c1. The average Bonchev–Trinajstić information content (AvgIpc) is 2.81. The van der Waals surface area contributed by atoms with E-state index >= 15 is 0 Å². The summed E-state index contributed by atoms with van der Waals surface area (Å²) in [7, 11) is 0. The van der Waals surface area contributed by atoms with E-state index in [4.69, 9.17) is 23.0 Å². The third-order valence-corrected chi connectivity index (χ3v) is 5.21. The molecule has 2 aromatic carbocycles. The minimum atomic E-state index is -1.30. The highest BCUT2D eigenvalue weighted by Gasteiger charge is 2.21. The molecular weight excluding hydrogens is 452 g/mol. The highest BCUT2D eigenvalue weighted by atomic mass is 16.4. The number of nitrogens with one attached hydrogen (secondary N) is 1. The molecule has 0 saturated heterocycles. The number of benzene rings is 2. The predicted molar refractivity (Wildman–Crippen MR) is 130 cm³/mol. The number of aliphatic carboxylic acids is 2. The van der Waals surface area contributed by atoms with Crippen LogP contribution in [0.3, 0.4) is 0 Å². The first-order chi connectivity index (χ1) is 16.7. The minimum absolute atomic E-state index is 0.0870. The molecular formula is C24H24N6O5. The van der Waals surface area contributed by atoms with Gasteiger partial charge in [0.05, 0.1) is 12.1 Å². The Kier molecular flexibility index (Phi) is 7.68. The van der Waals surface area contributed by atoms with E-state index in [1.807, 2.05) is 17.0 Å². The highest BCUT2D eigenvalue weighted by molar-refractivity contribution is 5.96. The van der Waals surface area contributed by atoms with E-state index in [1.165, 1.54) is 0 Å². The molecule has 1 unspecified atom stereocenters. The van der Waals surface area contributed by atoms with Crippen LogP contribution in [0.1, 0.15) is 28.8 Å². The summed E-state index contributed by atoms with van der Waals surface area (Å²) in [6, 6.07) is 10.7. The monoisotopic (exact) mass is 476 g/mol. The van der Waals surface area contributed by atoms with E-state index in [0.717, 1.165) is 11.3 Å². The number of rotatable bonds is 10. The lowest BCUT2D eigenvalue weighted by Crippen LogP contribution is -2.41. The fourth-order valence-electron chi connectivity index (χ4n) is 3.45. The number of nitrogens with zero attached hydrogens (tertiary/aromatic N) is 3. The van der Waals surface area contributed by atoms with Crippen LogP contribution in [-0.2, 0) is 16.1 Å². The van der Waals surface area contributed by atoms with Crippen LogP contribution in [0.5, 0.6) is 0 Å². The number of anilines is 3. The number of carbonyl (C=O) groups is 3. The van der Waals surface area contributed by atoms with Crippen molar-refractivity contribution in [3.63, 3.8) is 0 Å². The van der Waals surface area contributed by atoms with Crippen LogP contribution in [0.15, 0.2) is 42.5 Å². The number of hydrogen-bond donors (Lipinski definition) is 5. The first-order valence-corrected chi connectivity index (χ1v) is 10.5. The van der Waals surface area contributed by atoms with Gasteiger partial charge < -0.3 is 31.9 Å². The highest BCUT2D eigenvalue weighted by Crippen LogP contribution is 2.26. The van der Waals surface area contributed by atoms with Crippen molar-refractivity contribution in [1.82, 2.24) is 15.3 Å². The lowest BCUT2D eigenvalue weighted by Gasteiger charge is -2.23. The third-order valence-electron chi connectivity index (χ3n) is 5.21. The summed E-state index contributed by atoms with van der Waals surface area (Å²) < 4.78 is 0. The Morgan fingerprint density at radius 3 is 2.43 bits per heavy atom. The van der Waals surface area contributed by atoms with Gasteiger partial charge in [0.15, 0.2) is 0 Å². The zero-order chi connectivity index (χ0) is 25.5. The van der Waals surface area contributed by atoms with E-state index < -0.39 is 23.9 Å². The maximum absolute atomic E-state index is 12.5. The lowest BCUT2D eigenvalue weighted by atomic mass is 10.1. The van der Waals surface area contributed by atoms with Gasteiger partial charge in [-0.15, -0.1) is 6.42 Å². The summed E-state index contributed by atoms with van der Waals surface area (Å²) in [6.45, 7) is 0.719. The van der Waals surface area contributed by atoms with Crippen LogP contribution >= 0.6 is 0 Å². The van der Waals surface area contributed by atoms with Crippen molar-refractivity contribution in [2.24, 2.45) is 0 Å². The molecule has 11 heteroatoms. The number of aromatic nitrogens is 2. The summed E-state index contributed by atoms with van der Waals surface area (Å²) in [6.07, 6.45) is 4.97. The van der Waals surface area contributed by atoms with Gasteiger partial charge in [0.2, 0.25) is 5.95 Å². The van der Waals surface area contributed by atoms with Crippen molar-refractivity contribution < 1.29 is 24.6 Å². The number of carboxylic acids is 2. The summed E-state index contributed by atoms with van der Waals surface area (Å²) >= 11 is 0. The van der Waals surface area contributed by atoms with Crippen LogP contribution in [0.2, 0.25) is 0 Å². The predicted octanol–water partition coefficient (Wildman–Crippen LogP) is 1.48. The molecule has 0 aliphatic rings. The van der Waals surface area contributed by atoms with Crippen molar-refractivity contribution in [3.8, 4) is 12.3 Å². The van der Waals surface area contributed by atoms with Crippen LogP contribution in [-0.4, -0.2) is 50.6 Å². The maximum atomic E-state index is 12.5. The maximum Gasteiger partial charge on any atom is 0.326 e. The molecule has 0 spiro atoms. The van der Waals surface area contributed by atoms with Crippen LogP contribution < -0.4 is 21.7 Å². The molecule has 1 amide bonds. The van der Waals surface area contributed by atoms with Crippen LogP contribution in [0.4, 0.5) is 17.5 Å². The topological polar surface area (TPSA) is 185 Å². The molecule has 1 aromatic heterocycles. The smallest absolute Gasteiger partial charge is 0.326 e. The van der Waals surface area contributed by atoms with Crippen LogP contribution in [0, 0.1) is 12.3 Å². The largest absolute Gasteiger partial charge is 0.481 e. The number of nitrogen functional groups attached to an aromatic ring is 2. The average molecular weight is 476 g/mol. The molecule has 0 bridgehead atoms. The Labute approximate surface area is 200 Å². The second-order valence-electron chi connectivity index (χ2n) is 7.72. The standard InChI is InChI=1S/C24H24N6O5/c1-2-11-30(16-7-8-18-17(12-16)21(25)29-24(26)28-18)13-14-3-5-15(6-4-14)22(33)27-19(23(34)35)9-10-20(31)32/h1,3-8,12,19H,9-11,13H2,(H,27,33)(H,31,32)(H,34,35)(H4,25,26,28,29). The quantitative estimate of drug-likeness (QED) is 0.268. The minimum Gasteiger partial charge on any atom is -0.481 e. The van der Waals surface area contributed by atoms with Gasteiger partial charge in [-0.1, -0.05) is 18.1 Å². The Balaban J connectivity index is 1.75. The Bertz CT molecular complexity index is 1300. The molecule has 0 saturated carbocycles. The zero-order valence-corrected chi connectivity index (χ0v) is 18.6. The molecule has 11 nitrogen and oxygen atoms in total. The molecule has 0 aliphatic carbocycles. The van der Waals surface area contributed by atoms with Crippen molar-refractivity contribution in [2.45, 2.75) is 25.4 Å². The van der Waals surface area contributed by atoms with Crippen molar-refractivity contribution in [1.29, 1.82) is 0 Å². The lowest BCUT2D eigenvalue weighted by molar-refractivity contribution is -0.140. The van der Waals surface area contributed by atoms with Gasteiger partial charge in [0.25, 0.3) is 5.91 Å². The van der Waals surface area contributed by atoms with Crippen molar-refractivity contribution >= 4 is 46.2 Å². The molecule has 3 aromatic rings. The summed E-state index contributed by atoms with van der Waals surface area (Å²) in [5.74, 6) is -0.0876. The number of nitrogens with two attached hydrogens (primary N) is 2. The second kappa shape index (κ2) is 10.8. The Morgan fingerprint density at radius 1 is 1.09 bits per heavy atom. The van der Waals surface area contributed by atoms with E-state index in [1.54, 1.807) is 30.3 Å². The fraction of sp³-hybridized carbons (Fsp3) is 0.208. The van der Waals surface area contributed by atoms with Gasteiger partial charge in [-0.2, -0.15) is 4.98 Å². The number of carboxylic acid groups (broad SMARTS) is 2. The molecule has 0 fully saturated rings. The molecule has 7 N–H and O–H groups in total. The normalized spacial score (nSPS) is 11.4. The summed E-state index contributed by atoms with van der Waals surface area (Å²) in [5, 5.41) is 21.0. The van der Waals surface area contributed by atoms with Gasteiger partial charge in [0, 0.05) is 29.6 Å². The van der Waals surface area contributed by atoms with Crippen molar-refractivity contribution in [3.05, 3.63) is 53.6 Å². The molecule has 3 rings (SSSR count). The van der Waals surface area contributed by atoms with Gasteiger partial charge in [-0.3, -0.25) is 9.59 Å². The number of amides is 1. The number of carbonyl (C=O) groups excluding carboxylic acids is 1. The number of hydrogen-bond acceptors (Lipinski definition) is 8. The summed E-state index contributed by atoms with van der Waals surface area (Å²) in [5.41, 5.74) is 14.1. The first-order valence-electron chi connectivity index (χ1n) is 10.5. The Morgan fingerprint density at radius 2 is 1.80 bits per heavy atom. The zero-order valence-electron chi connectivity index (χ0n) is 18.6. The summed E-state index contributed by atoms with van der Waals surface area (Å²) in [4.78, 5) is 44.6. The first kappa shape index (κ1) is 24.8. The number of terminal acetylenes is 1. The van der Waals surface area contributed by atoms with Gasteiger partial charge >= 0.3 is 11.9 Å². The van der Waals surface area contributed by atoms with Crippen molar-refractivity contribution in [2.75, 3.05) is 22.9 Å². The van der Waals surface area contributed by atoms with E-state index in [-0.39, 0.29) is 30.2 Å². The fourth-order valence-corrected chi connectivity index (χ4v) is 3.45. The van der Waals surface area contributed by atoms with E-state index in [9.17, 15) is 19.5 Å². The van der Waals surface area contributed by atoms with Gasteiger partial charge in [-0.25, -0.2) is 9.78 Å². The van der Waals surface area contributed by atoms with Gasteiger partial charge in [-0.05, 0) is 42.3 Å². The number of fused-ring (bicyclic) bond motifs is 1. The Hall–Kier alpha value is -4.85. The molecule has 35 heavy (non-hydrogen) atoms. The molecule has 0 radical (unpaired) electrons. The third kappa shape index (κ3) is 6.35. The molecule has 0 aliphatic heterocycles. The molecule has 180 valence electrons. The second-order valence-corrected chi connectivity index (χ2v) is 7.72. The van der Waals surface area contributed by atoms with Gasteiger partial charge in [0.1, 0.15) is 11.9 Å². The van der Waals surface area contributed by atoms with Crippen LogP contribution in [0.25, 0.3) is 10.9 Å². The van der Waals surface area contributed by atoms with E-state index in [2.05, 4.69) is 21.2 Å².